The van der Waals surface area contributed by atoms with Crippen LogP contribution in [0.5, 0.6) is 0 Å². The van der Waals surface area contributed by atoms with Crippen molar-refractivity contribution in [2.75, 3.05) is 13.2 Å². The summed E-state index contributed by atoms with van der Waals surface area (Å²) < 4.78 is 5.37. The first-order valence-corrected chi connectivity index (χ1v) is 5.92. The van der Waals surface area contributed by atoms with Gasteiger partial charge in [-0.05, 0) is 18.8 Å². The molecule has 0 aromatic heterocycles. The molecule has 0 bridgehead atoms. The maximum atomic E-state index is 5.37. The lowest BCUT2D eigenvalue weighted by Gasteiger charge is -2.43. The van der Waals surface area contributed by atoms with Crippen LogP contribution in [0.25, 0.3) is 0 Å². The number of hydrogen-bond donors (Lipinski definition) is 0. The van der Waals surface area contributed by atoms with Gasteiger partial charge in [-0.15, -0.1) is 0 Å². The van der Waals surface area contributed by atoms with Gasteiger partial charge >= 0.3 is 0 Å². The Morgan fingerprint density at radius 3 is 2.31 bits per heavy atom. The molecule has 0 amide bonds. The van der Waals surface area contributed by atoms with E-state index < -0.39 is 0 Å². The zero-order valence-corrected chi connectivity index (χ0v) is 8.85. The van der Waals surface area contributed by atoms with Crippen LogP contribution in [0.15, 0.2) is 0 Å². The first-order chi connectivity index (χ1) is 6.35. The van der Waals surface area contributed by atoms with Gasteiger partial charge in [0.1, 0.15) is 0 Å². The molecule has 1 saturated carbocycles. The maximum absolute atomic E-state index is 5.37. The molecule has 0 aromatic carbocycles. The molecule has 0 aromatic rings. The molecule has 2 aliphatic rings. The molecule has 1 heteroatoms. The van der Waals surface area contributed by atoms with Gasteiger partial charge in [0.2, 0.25) is 0 Å². The van der Waals surface area contributed by atoms with Crippen LogP contribution in [0.1, 0.15) is 51.9 Å². The fourth-order valence-electron chi connectivity index (χ4n) is 2.86. The zero-order valence-electron chi connectivity index (χ0n) is 8.85. The van der Waals surface area contributed by atoms with Crippen molar-refractivity contribution in [1.82, 2.24) is 0 Å². The van der Waals surface area contributed by atoms with Gasteiger partial charge in [0.25, 0.3) is 0 Å². The third-order valence-corrected chi connectivity index (χ3v) is 4.01. The Labute approximate surface area is 81.9 Å². The van der Waals surface area contributed by atoms with Crippen LogP contribution in [-0.4, -0.2) is 13.2 Å². The van der Waals surface area contributed by atoms with Gasteiger partial charge in [0, 0.05) is 5.41 Å². The molecule has 13 heavy (non-hydrogen) atoms. The van der Waals surface area contributed by atoms with E-state index in [9.17, 15) is 0 Å². The lowest BCUT2D eigenvalue weighted by atomic mass is 9.72. The Kier molecular flexibility index (Phi) is 2.92. The van der Waals surface area contributed by atoms with Crippen LogP contribution in [-0.2, 0) is 4.74 Å². The number of rotatable bonds is 3. The van der Waals surface area contributed by atoms with Crippen molar-refractivity contribution < 1.29 is 4.74 Å². The summed E-state index contributed by atoms with van der Waals surface area (Å²) in [5, 5.41) is 0. The van der Waals surface area contributed by atoms with Crippen molar-refractivity contribution in [3.8, 4) is 0 Å². The molecule has 1 aliphatic heterocycles. The fourth-order valence-corrected chi connectivity index (χ4v) is 2.86. The lowest BCUT2D eigenvalue weighted by Crippen LogP contribution is -2.43. The summed E-state index contributed by atoms with van der Waals surface area (Å²) in [7, 11) is 0. The first kappa shape index (κ1) is 9.51. The van der Waals surface area contributed by atoms with Gasteiger partial charge in [-0.25, -0.2) is 0 Å². The summed E-state index contributed by atoms with van der Waals surface area (Å²) in [6, 6.07) is 0. The molecule has 2 fully saturated rings. The average Bonchev–Trinajstić information content (AvgIpc) is 2.13. The normalized spacial score (nSPS) is 28.4. The van der Waals surface area contributed by atoms with E-state index in [0.29, 0.717) is 5.41 Å². The van der Waals surface area contributed by atoms with Crippen LogP contribution >= 0.6 is 0 Å². The number of ether oxygens (including phenoxy) is 1. The molecule has 0 atom stereocenters. The third-order valence-electron chi connectivity index (χ3n) is 4.01. The van der Waals surface area contributed by atoms with E-state index in [4.69, 9.17) is 4.74 Å². The molecule has 2 rings (SSSR count). The third kappa shape index (κ3) is 2.07. The first-order valence-electron chi connectivity index (χ1n) is 5.92. The highest BCUT2D eigenvalue weighted by atomic mass is 16.5. The van der Waals surface area contributed by atoms with Crippen molar-refractivity contribution in [1.29, 1.82) is 0 Å². The van der Waals surface area contributed by atoms with Crippen molar-refractivity contribution in [2.24, 2.45) is 11.3 Å². The highest BCUT2D eigenvalue weighted by Crippen LogP contribution is 2.41. The van der Waals surface area contributed by atoms with E-state index in [1.54, 1.807) is 0 Å². The van der Waals surface area contributed by atoms with Crippen LogP contribution in [0.2, 0.25) is 0 Å². The molecular weight excluding hydrogens is 160 g/mol. The van der Waals surface area contributed by atoms with Crippen LogP contribution < -0.4 is 0 Å². The van der Waals surface area contributed by atoms with Crippen molar-refractivity contribution in [2.45, 2.75) is 51.9 Å². The second-order valence-electron chi connectivity index (χ2n) is 5.05. The van der Waals surface area contributed by atoms with Crippen molar-refractivity contribution in [3.05, 3.63) is 0 Å². The van der Waals surface area contributed by atoms with Gasteiger partial charge < -0.3 is 4.74 Å². The highest BCUT2D eigenvalue weighted by Gasteiger charge is 2.38. The summed E-state index contributed by atoms with van der Waals surface area (Å²) in [6.07, 6.45) is 10.2. The smallest absolute Gasteiger partial charge is 0.0544 e. The fraction of sp³-hybridized carbons (Fsp3) is 1.00. The predicted octanol–water partition coefficient (Wildman–Crippen LogP) is 3.38. The summed E-state index contributed by atoms with van der Waals surface area (Å²) in [4.78, 5) is 0. The molecule has 76 valence electrons. The van der Waals surface area contributed by atoms with E-state index in [1.165, 1.54) is 44.9 Å². The second-order valence-corrected chi connectivity index (χ2v) is 5.05. The molecule has 1 nitrogen and oxygen atoms in total. The Balaban J connectivity index is 1.81. The topological polar surface area (TPSA) is 9.23 Å². The predicted molar refractivity (Wildman–Crippen MR) is 54.7 cm³/mol. The standard InChI is InChI=1S/C12H22O/c1-2-12(9-13-10-12)8-11-6-4-3-5-7-11/h11H,2-10H2,1H3. The summed E-state index contributed by atoms with van der Waals surface area (Å²) >= 11 is 0. The molecule has 0 N–H and O–H groups in total. The van der Waals surface area contributed by atoms with Gasteiger partial charge in [-0.3, -0.25) is 0 Å². The minimum absolute atomic E-state index is 0.599. The molecule has 0 spiro atoms. The van der Waals surface area contributed by atoms with E-state index in [0.717, 1.165) is 19.1 Å². The molecule has 1 aliphatic carbocycles. The Bertz CT molecular complexity index is 149. The van der Waals surface area contributed by atoms with Gasteiger partial charge in [-0.2, -0.15) is 0 Å². The molecule has 1 saturated heterocycles. The van der Waals surface area contributed by atoms with Crippen molar-refractivity contribution >= 4 is 0 Å². The Morgan fingerprint density at radius 1 is 1.15 bits per heavy atom. The molecule has 0 radical (unpaired) electrons. The molecule has 1 heterocycles. The van der Waals surface area contributed by atoms with Crippen LogP contribution in [0, 0.1) is 11.3 Å². The summed E-state index contributed by atoms with van der Waals surface area (Å²) in [6.45, 7) is 4.41. The van der Waals surface area contributed by atoms with Crippen LogP contribution in [0.3, 0.4) is 0 Å². The van der Waals surface area contributed by atoms with E-state index >= 15 is 0 Å². The largest absolute Gasteiger partial charge is 0.380 e. The van der Waals surface area contributed by atoms with E-state index in [2.05, 4.69) is 6.92 Å². The van der Waals surface area contributed by atoms with Gasteiger partial charge in [-0.1, -0.05) is 39.0 Å². The highest BCUT2D eigenvalue weighted by molar-refractivity contribution is 4.87. The Morgan fingerprint density at radius 2 is 1.85 bits per heavy atom. The zero-order chi connectivity index (χ0) is 9.15. The van der Waals surface area contributed by atoms with Gasteiger partial charge in [0.05, 0.1) is 13.2 Å². The van der Waals surface area contributed by atoms with Crippen LogP contribution in [0.4, 0.5) is 0 Å². The monoisotopic (exact) mass is 182 g/mol. The quantitative estimate of drug-likeness (QED) is 0.650. The average molecular weight is 182 g/mol. The summed E-state index contributed by atoms with van der Waals surface area (Å²) in [5.41, 5.74) is 0.599. The SMILES string of the molecule is CCC1(CC2CCCCC2)COC1. The van der Waals surface area contributed by atoms with E-state index in [1.807, 2.05) is 0 Å². The summed E-state index contributed by atoms with van der Waals surface area (Å²) in [5.74, 6) is 1.03. The van der Waals surface area contributed by atoms with Crippen molar-refractivity contribution in [3.63, 3.8) is 0 Å². The minimum Gasteiger partial charge on any atom is -0.380 e. The number of hydrogen-bond acceptors (Lipinski definition) is 1. The minimum atomic E-state index is 0.599. The lowest BCUT2D eigenvalue weighted by molar-refractivity contribution is -0.128. The second kappa shape index (κ2) is 4.00. The van der Waals surface area contributed by atoms with Gasteiger partial charge in [0.15, 0.2) is 0 Å². The van der Waals surface area contributed by atoms with E-state index in [-0.39, 0.29) is 0 Å². The molecule has 0 unspecified atom stereocenters. The molecular formula is C12H22O. The Hall–Kier alpha value is -0.0400. The maximum Gasteiger partial charge on any atom is 0.0544 e.